The van der Waals surface area contributed by atoms with E-state index in [2.05, 4.69) is 40.9 Å². The van der Waals surface area contributed by atoms with Crippen molar-refractivity contribution in [2.45, 2.75) is 19.4 Å². The first kappa shape index (κ1) is 12.7. The number of hydrogen-bond acceptors (Lipinski definition) is 4. The molecule has 0 spiro atoms. The van der Waals surface area contributed by atoms with Gasteiger partial charge in [0.15, 0.2) is 5.96 Å². The molecular formula is C16H18N4. The summed E-state index contributed by atoms with van der Waals surface area (Å²) in [7, 11) is 0. The number of nitrogens with two attached hydrogens (primary N) is 1. The Bertz CT molecular complexity index is 651. The SMILES string of the molecule is Cc1ccccc1N1C(N)=NCC1(C)c1ccccn1. The predicted molar refractivity (Wildman–Crippen MR) is 81.7 cm³/mol. The number of hydrogen-bond donors (Lipinski definition) is 1. The number of rotatable bonds is 2. The van der Waals surface area contributed by atoms with Gasteiger partial charge < -0.3 is 5.73 Å². The number of aryl methyl sites for hydroxylation is 1. The Morgan fingerprint density at radius 1 is 1.15 bits per heavy atom. The predicted octanol–water partition coefficient (Wildman–Crippen LogP) is 2.44. The third-order valence-corrected chi connectivity index (χ3v) is 3.84. The number of para-hydroxylation sites is 1. The van der Waals surface area contributed by atoms with Crippen molar-refractivity contribution in [2.75, 3.05) is 11.4 Å². The van der Waals surface area contributed by atoms with Crippen LogP contribution in [0.15, 0.2) is 53.7 Å². The van der Waals surface area contributed by atoms with Gasteiger partial charge in [-0.05, 0) is 37.6 Å². The molecule has 1 aliphatic heterocycles. The Kier molecular flexibility index (Phi) is 2.93. The van der Waals surface area contributed by atoms with Crippen molar-refractivity contribution < 1.29 is 0 Å². The van der Waals surface area contributed by atoms with Gasteiger partial charge in [0.2, 0.25) is 0 Å². The van der Waals surface area contributed by atoms with Crippen molar-refractivity contribution in [1.29, 1.82) is 0 Å². The number of aromatic nitrogens is 1. The van der Waals surface area contributed by atoms with Crippen LogP contribution in [0.2, 0.25) is 0 Å². The molecule has 20 heavy (non-hydrogen) atoms. The van der Waals surface area contributed by atoms with E-state index in [-0.39, 0.29) is 5.54 Å². The quantitative estimate of drug-likeness (QED) is 0.908. The largest absolute Gasteiger partial charge is 0.369 e. The van der Waals surface area contributed by atoms with Gasteiger partial charge in [0, 0.05) is 11.9 Å². The van der Waals surface area contributed by atoms with E-state index in [1.807, 2.05) is 36.5 Å². The van der Waals surface area contributed by atoms with Gasteiger partial charge in [-0.15, -0.1) is 0 Å². The Morgan fingerprint density at radius 2 is 1.90 bits per heavy atom. The molecule has 0 bridgehead atoms. The molecule has 3 rings (SSSR count). The van der Waals surface area contributed by atoms with Gasteiger partial charge in [0.05, 0.1) is 12.2 Å². The third-order valence-electron chi connectivity index (χ3n) is 3.84. The fourth-order valence-electron chi connectivity index (χ4n) is 2.71. The van der Waals surface area contributed by atoms with E-state index in [4.69, 9.17) is 5.73 Å². The molecule has 0 amide bonds. The zero-order chi connectivity index (χ0) is 14.2. The summed E-state index contributed by atoms with van der Waals surface area (Å²) in [5, 5.41) is 0. The minimum Gasteiger partial charge on any atom is -0.369 e. The average Bonchev–Trinajstić information content (AvgIpc) is 2.78. The molecule has 1 atom stereocenters. The number of anilines is 1. The van der Waals surface area contributed by atoms with Gasteiger partial charge in [0.1, 0.15) is 5.54 Å². The second kappa shape index (κ2) is 4.63. The van der Waals surface area contributed by atoms with Gasteiger partial charge in [-0.25, -0.2) is 0 Å². The lowest BCUT2D eigenvalue weighted by atomic mass is 9.94. The fraction of sp³-hybridized carbons (Fsp3) is 0.250. The highest BCUT2D eigenvalue weighted by Crippen LogP contribution is 2.36. The standard InChI is InChI=1S/C16H18N4/c1-12-7-3-4-8-13(12)20-15(17)19-11-16(20,2)14-9-5-6-10-18-14/h3-10H,11H2,1-2H3,(H2,17,19). The second-order valence-electron chi connectivity index (χ2n) is 5.29. The van der Waals surface area contributed by atoms with Crippen LogP contribution in [0.4, 0.5) is 5.69 Å². The van der Waals surface area contributed by atoms with E-state index in [9.17, 15) is 0 Å². The van der Waals surface area contributed by atoms with Crippen LogP contribution < -0.4 is 10.6 Å². The van der Waals surface area contributed by atoms with Gasteiger partial charge in [-0.3, -0.25) is 14.9 Å². The molecule has 0 saturated heterocycles. The molecule has 2 heterocycles. The maximum atomic E-state index is 6.14. The first-order valence-corrected chi connectivity index (χ1v) is 6.70. The number of pyridine rings is 1. The lowest BCUT2D eigenvalue weighted by molar-refractivity contribution is 0.515. The molecule has 102 valence electrons. The van der Waals surface area contributed by atoms with Crippen LogP contribution in [0.1, 0.15) is 18.2 Å². The van der Waals surface area contributed by atoms with Crippen molar-refractivity contribution in [2.24, 2.45) is 10.7 Å². The number of benzene rings is 1. The van der Waals surface area contributed by atoms with Crippen LogP contribution in [0.5, 0.6) is 0 Å². The zero-order valence-corrected chi connectivity index (χ0v) is 11.7. The summed E-state index contributed by atoms with van der Waals surface area (Å²) in [6.45, 7) is 4.83. The van der Waals surface area contributed by atoms with E-state index >= 15 is 0 Å². The summed E-state index contributed by atoms with van der Waals surface area (Å²) < 4.78 is 0. The molecule has 1 aromatic heterocycles. The van der Waals surface area contributed by atoms with Crippen molar-refractivity contribution >= 4 is 11.6 Å². The summed E-state index contributed by atoms with van der Waals surface area (Å²) in [5.74, 6) is 0.549. The van der Waals surface area contributed by atoms with Crippen LogP contribution in [0, 0.1) is 6.92 Å². The molecule has 0 radical (unpaired) electrons. The average molecular weight is 266 g/mol. The summed E-state index contributed by atoms with van der Waals surface area (Å²) in [6.07, 6.45) is 1.81. The summed E-state index contributed by atoms with van der Waals surface area (Å²) >= 11 is 0. The maximum Gasteiger partial charge on any atom is 0.196 e. The maximum absolute atomic E-state index is 6.14. The number of nitrogens with zero attached hydrogens (tertiary/aromatic N) is 3. The first-order chi connectivity index (χ1) is 9.63. The number of aliphatic imine (C=N–C) groups is 1. The minimum atomic E-state index is -0.336. The van der Waals surface area contributed by atoms with Gasteiger partial charge in [-0.2, -0.15) is 0 Å². The highest BCUT2D eigenvalue weighted by molar-refractivity contribution is 5.99. The summed E-state index contributed by atoms with van der Waals surface area (Å²) in [4.78, 5) is 11.0. The summed E-state index contributed by atoms with van der Waals surface area (Å²) in [6, 6.07) is 14.2. The Balaban J connectivity index is 2.12. The second-order valence-corrected chi connectivity index (χ2v) is 5.29. The number of guanidine groups is 1. The zero-order valence-electron chi connectivity index (χ0n) is 11.7. The van der Waals surface area contributed by atoms with E-state index in [1.165, 1.54) is 5.56 Å². The van der Waals surface area contributed by atoms with E-state index in [1.54, 1.807) is 0 Å². The molecule has 0 aliphatic carbocycles. The molecule has 4 nitrogen and oxygen atoms in total. The molecule has 2 aromatic rings. The van der Waals surface area contributed by atoms with Gasteiger partial charge in [-0.1, -0.05) is 24.3 Å². The van der Waals surface area contributed by atoms with Crippen molar-refractivity contribution in [3.8, 4) is 0 Å². The normalized spacial score (nSPS) is 21.9. The van der Waals surface area contributed by atoms with Crippen LogP contribution in [0.25, 0.3) is 0 Å². The van der Waals surface area contributed by atoms with Crippen LogP contribution in [-0.2, 0) is 5.54 Å². The molecule has 0 saturated carbocycles. The monoisotopic (exact) mass is 266 g/mol. The molecule has 4 heteroatoms. The fourth-order valence-corrected chi connectivity index (χ4v) is 2.71. The minimum absolute atomic E-state index is 0.336. The van der Waals surface area contributed by atoms with E-state index in [0.717, 1.165) is 11.4 Å². The van der Waals surface area contributed by atoms with Crippen molar-refractivity contribution in [1.82, 2.24) is 4.98 Å². The van der Waals surface area contributed by atoms with Crippen molar-refractivity contribution in [3.63, 3.8) is 0 Å². The first-order valence-electron chi connectivity index (χ1n) is 6.70. The molecule has 1 aliphatic rings. The van der Waals surface area contributed by atoms with Crippen LogP contribution in [0.3, 0.4) is 0 Å². The molecule has 1 unspecified atom stereocenters. The Morgan fingerprint density at radius 3 is 2.60 bits per heavy atom. The molecule has 2 N–H and O–H groups in total. The Hall–Kier alpha value is -2.36. The highest BCUT2D eigenvalue weighted by Gasteiger charge is 2.42. The molecular weight excluding hydrogens is 248 g/mol. The van der Waals surface area contributed by atoms with Gasteiger partial charge in [0.25, 0.3) is 0 Å². The lowest BCUT2D eigenvalue weighted by Gasteiger charge is -2.36. The van der Waals surface area contributed by atoms with Gasteiger partial charge >= 0.3 is 0 Å². The van der Waals surface area contributed by atoms with Crippen LogP contribution >= 0.6 is 0 Å². The molecule has 0 fully saturated rings. The highest BCUT2D eigenvalue weighted by atomic mass is 15.4. The summed E-state index contributed by atoms with van der Waals surface area (Å²) in [5.41, 5.74) is 9.04. The smallest absolute Gasteiger partial charge is 0.196 e. The Labute approximate surface area is 119 Å². The topological polar surface area (TPSA) is 54.5 Å². The van der Waals surface area contributed by atoms with E-state index < -0.39 is 0 Å². The molecule has 1 aromatic carbocycles. The lowest BCUT2D eigenvalue weighted by Crippen LogP contribution is -2.48. The van der Waals surface area contributed by atoms with Crippen LogP contribution in [-0.4, -0.2) is 17.5 Å². The van der Waals surface area contributed by atoms with Crippen molar-refractivity contribution in [3.05, 3.63) is 59.9 Å². The third kappa shape index (κ3) is 1.84. The van der Waals surface area contributed by atoms with E-state index in [0.29, 0.717) is 12.5 Å².